The third kappa shape index (κ3) is 7.04. The monoisotopic (exact) mass is 266 g/mol. The highest BCUT2D eigenvalue weighted by molar-refractivity contribution is 7.99. The van der Waals surface area contributed by atoms with Crippen LogP contribution < -0.4 is 11.1 Å². The molecule has 2 nitrogen and oxygen atoms in total. The standard InChI is InChI=1S/C15H26N2S/c1-4-18-14-8-6-13(7-9-14)12-17-11-5-10-15(2,3)16/h6-9,17H,4-5,10-12,16H2,1-3H3. The Labute approximate surface area is 116 Å². The fraction of sp³-hybridized carbons (Fsp3) is 0.600. The van der Waals surface area contributed by atoms with Crippen molar-refractivity contribution in [3.8, 4) is 0 Å². The van der Waals surface area contributed by atoms with Crippen molar-refractivity contribution in [2.24, 2.45) is 5.73 Å². The first-order valence-corrected chi connectivity index (χ1v) is 7.71. The van der Waals surface area contributed by atoms with Gasteiger partial charge in [0.25, 0.3) is 0 Å². The van der Waals surface area contributed by atoms with Gasteiger partial charge in [-0.15, -0.1) is 11.8 Å². The molecule has 0 unspecified atom stereocenters. The van der Waals surface area contributed by atoms with Crippen molar-refractivity contribution in [2.75, 3.05) is 12.3 Å². The molecule has 0 bridgehead atoms. The van der Waals surface area contributed by atoms with E-state index in [-0.39, 0.29) is 5.54 Å². The molecule has 0 amide bonds. The van der Waals surface area contributed by atoms with Crippen LogP contribution in [0, 0.1) is 0 Å². The molecule has 0 aliphatic heterocycles. The second-order valence-corrected chi connectivity index (χ2v) is 6.68. The van der Waals surface area contributed by atoms with Gasteiger partial charge in [-0.1, -0.05) is 19.1 Å². The summed E-state index contributed by atoms with van der Waals surface area (Å²) in [6.07, 6.45) is 2.19. The lowest BCUT2D eigenvalue weighted by Gasteiger charge is -2.18. The summed E-state index contributed by atoms with van der Waals surface area (Å²) in [6, 6.07) is 8.82. The second-order valence-electron chi connectivity index (χ2n) is 5.35. The van der Waals surface area contributed by atoms with Crippen LogP contribution in [0.4, 0.5) is 0 Å². The number of hydrogen-bond acceptors (Lipinski definition) is 3. The lowest BCUT2D eigenvalue weighted by atomic mass is 10.0. The maximum atomic E-state index is 5.94. The first-order valence-electron chi connectivity index (χ1n) is 6.72. The van der Waals surface area contributed by atoms with Gasteiger partial charge in [-0.3, -0.25) is 0 Å². The summed E-state index contributed by atoms with van der Waals surface area (Å²) < 4.78 is 0. The molecule has 0 spiro atoms. The minimum absolute atomic E-state index is 0.0410. The Morgan fingerprint density at radius 2 is 1.89 bits per heavy atom. The molecule has 1 aromatic rings. The summed E-state index contributed by atoms with van der Waals surface area (Å²) in [5, 5.41) is 3.46. The fourth-order valence-corrected chi connectivity index (χ4v) is 2.43. The van der Waals surface area contributed by atoms with Gasteiger partial charge in [0.2, 0.25) is 0 Å². The molecule has 0 radical (unpaired) electrons. The van der Waals surface area contributed by atoms with Crippen LogP contribution in [0.1, 0.15) is 39.2 Å². The minimum Gasteiger partial charge on any atom is -0.326 e. The van der Waals surface area contributed by atoms with Crippen molar-refractivity contribution >= 4 is 11.8 Å². The topological polar surface area (TPSA) is 38.0 Å². The highest BCUT2D eigenvalue weighted by Crippen LogP contribution is 2.17. The van der Waals surface area contributed by atoms with Gasteiger partial charge < -0.3 is 11.1 Å². The summed E-state index contributed by atoms with van der Waals surface area (Å²) in [7, 11) is 0. The van der Waals surface area contributed by atoms with Crippen LogP contribution in [0.2, 0.25) is 0 Å². The Bertz CT molecular complexity index is 327. The van der Waals surface area contributed by atoms with E-state index in [2.05, 4.69) is 50.4 Å². The molecule has 1 aromatic carbocycles. The van der Waals surface area contributed by atoms with Crippen LogP contribution in [0.5, 0.6) is 0 Å². The number of thioether (sulfide) groups is 1. The van der Waals surface area contributed by atoms with E-state index in [1.54, 1.807) is 0 Å². The van der Waals surface area contributed by atoms with Gasteiger partial charge in [0.15, 0.2) is 0 Å². The number of benzene rings is 1. The quantitative estimate of drug-likeness (QED) is 0.559. The van der Waals surface area contributed by atoms with E-state index < -0.39 is 0 Å². The normalized spacial score (nSPS) is 11.8. The van der Waals surface area contributed by atoms with E-state index in [1.807, 2.05) is 11.8 Å². The average Bonchev–Trinajstić information content (AvgIpc) is 2.30. The van der Waals surface area contributed by atoms with Crippen LogP contribution >= 0.6 is 11.8 Å². The zero-order valence-electron chi connectivity index (χ0n) is 11.8. The molecule has 0 atom stereocenters. The predicted octanol–water partition coefficient (Wildman–Crippen LogP) is 3.41. The third-order valence-corrected chi connectivity index (χ3v) is 3.63. The molecule has 0 fully saturated rings. The maximum absolute atomic E-state index is 5.94. The molecule has 18 heavy (non-hydrogen) atoms. The molecule has 3 N–H and O–H groups in total. The molecule has 1 rings (SSSR count). The summed E-state index contributed by atoms with van der Waals surface area (Å²) >= 11 is 1.88. The molecular formula is C15H26N2S. The van der Waals surface area contributed by atoms with Gasteiger partial charge >= 0.3 is 0 Å². The SMILES string of the molecule is CCSc1ccc(CNCCCC(C)(C)N)cc1. The highest BCUT2D eigenvalue weighted by Gasteiger charge is 2.08. The van der Waals surface area contributed by atoms with Crippen molar-refractivity contribution < 1.29 is 0 Å². The highest BCUT2D eigenvalue weighted by atomic mass is 32.2. The molecule has 102 valence electrons. The molecular weight excluding hydrogens is 240 g/mol. The van der Waals surface area contributed by atoms with Gasteiger partial charge in [0, 0.05) is 17.0 Å². The van der Waals surface area contributed by atoms with Gasteiger partial charge in [0.05, 0.1) is 0 Å². The van der Waals surface area contributed by atoms with E-state index in [0.717, 1.165) is 31.7 Å². The second kappa shape index (κ2) is 7.82. The first-order chi connectivity index (χ1) is 8.51. The first kappa shape index (κ1) is 15.5. The number of hydrogen-bond donors (Lipinski definition) is 2. The predicted molar refractivity (Wildman–Crippen MR) is 82.0 cm³/mol. The van der Waals surface area contributed by atoms with Crippen molar-refractivity contribution in [2.45, 2.75) is 50.6 Å². The summed E-state index contributed by atoms with van der Waals surface area (Å²) in [5.41, 5.74) is 7.25. The van der Waals surface area contributed by atoms with Crippen LogP contribution in [0.15, 0.2) is 29.2 Å². The third-order valence-electron chi connectivity index (χ3n) is 2.74. The summed E-state index contributed by atoms with van der Waals surface area (Å²) in [5.74, 6) is 1.13. The van der Waals surface area contributed by atoms with Crippen molar-refractivity contribution in [3.63, 3.8) is 0 Å². The molecule has 0 aliphatic rings. The van der Waals surface area contributed by atoms with Crippen LogP contribution in [-0.2, 0) is 6.54 Å². The number of nitrogens with one attached hydrogen (secondary N) is 1. The lowest BCUT2D eigenvalue weighted by molar-refractivity contribution is 0.448. The smallest absolute Gasteiger partial charge is 0.0205 e. The molecule has 0 aromatic heterocycles. The van der Waals surface area contributed by atoms with Crippen molar-refractivity contribution in [3.05, 3.63) is 29.8 Å². The van der Waals surface area contributed by atoms with Crippen LogP contribution in [0.25, 0.3) is 0 Å². The zero-order valence-corrected chi connectivity index (χ0v) is 12.6. The largest absolute Gasteiger partial charge is 0.326 e. The fourth-order valence-electron chi connectivity index (χ4n) is 1.77. The van der Waals surface area contributed by atoms with E-state index >= 15 is 0 Å². The van der Waals surface area contributed by atoms with Crippen LogP contribution in [-0.4, -0.2) is 17.8 Å². The Balaban J connectivity index is 2.19. The van der Waals surface area contributed by atoms with E-state index in [1.165, 1.54) is 10.5 Å². The molecule has 0 aliphatic carbocycles. The Morgan fingerprint density at radius 1 is 1.22 bits per heavy atom. The Morgan fingerprint density at radius 3 is 2.44 bits per heavy atom. The molecule has 0 saturated heterocycles. The Hall–Kier alpha value is -0.510. The molecule has 0 heterocycles. The lowest BCUT2D eigenvalue weighted by Crippen LogP contribution is -2.32. The maximum Gasteiger partial charge on any atom is 0.0205 e. The molecule has 3 heteroatoms. The minimum atomic E-state index is -0.0410. The van der Waals surface area contributed by atoms with Gasteiger partial charge in [-0.05, 0) is 56.7 Å². The summed E-state index contributed by atoms with van der Waals surface area (Å²) in [6.45, 7) is 8.32. The van der Waals surface area contributed by atoms with Crippen LogP contribution in [0.3, 0.4) is 0 Å². The molecule has 0 saturated carbocycles. The number of nitrogens with two attached hydrogens (primary N) is 1. The Kier molecular flexibility index (Phi) is 6.76. The van der Waals surface area contributed by atoms with Crippen molar-refractivity contribution in [1.82, 2.24) is 5.32 Å². The van der Waals surface area contributed by atoms with E-state index in [0.29, 0.717) is 0 Å². The van der Waals surface area contributed by atoms with Gasteiger partial charge in [-0.2, -0.15) is 0 Å². The average molecular weight is 266 g/mol. The van der Waals surface area contributed by atoms with Gasteiger partial charge in [-0.25, -0.2) is 0 Å². The van der Waals surface area contributed by atoms with E-state index in [9.17, 15) is 0 Å². The van der Waals surface area contributed by atoms with Crippen molar-refractivity contribution in [1.29, 1.82) is 0 Å². The number of rotatable bonds is 8. The van der Waals surface area contributed by atoms with E-state index in [4.69, 9.17) is 5.73 Å². The zero-order chi connectivity index (χ0) is 13.4. The summed E-state index contributed by atoms with van der Waals surface area (Å²) in [4.78, 5) is 1.35. The van der Waals surface area contributed by atoms with Gasteiger partial charge in [0.1, 0.15) is 0 Å².